The van der Waals surface area contributed by atoms with Crippen LogP contribution in [0.25, 0.3) is 0 Å². The lowest BCUT2D eigenvalue weighted by Gasteiger charge is -2.26. The molecule has 0 aliphatic rings. The maximum absolute atomic E-state index is 12.0. The molecule has 0 bridgehead atoms. The highest BCUT2D eigenvalue weighted by Crippen LogP contribution is 2.27. The van der Waals surface area contributed by atoms with E-state index in [1.807, 2.05) is 27.7 Å². The van der Waals surface area contributed by atoms with E-state index in [0.29, 0.717) is 19.7 Å². The van der Waals surface area contributed by atoms with E-state index in [0.717, 1.165) is 0 Å². The van der Waals surface area contributed by atoms with Gasteiger partial charge in [0.1, 0.15) is 12.2 Å². The third kappa shape index (κ3) is 11.4. The smallest absolute Gasteiger partial charge is 0.410 e. The predicted octanol–water partition coefficient (Wildman–Crippen LogP) is 3.84. The van der Waals surface area contributed by atoms with Gasteiger partial charge in [-0.15, -0.1) is 11.8 Å². The third-order valence-electron chi connectivity index (χ3n) is 2.78. The fourth-order valence-corrected chi connectivity index (χ4v) is 3.10. The molecule has 0 saturated carbocycles. The number of amides is 2. The maximum Gasteiger partial charge on any atom is 0.410 e. The second-order valence-electron chi connectivity index (χ2n) is 7.94. The number of carbonyl (C=O) groups excluding carboxylic acids is 2. The fraction of sp³-hybridized carbons (Fsp3) is 0.882. The summed E-state index contributed by atoms with van der Waals surface area (Å²) in [7, 11) is 3.31. The SMILES string of the molecule is CC(COC(=O)N(C)CCN(C)C(=O)OC(C)(C)C)SC(C)(C)C. The highest BCUT2D eigenvalue weighted by molar-refractivity contribution is 8.01. The molecule has 2 amide bonds. The van der Waals surface area contributed by atoms with Gasteiger partial charge in [-0.25, -0.2) is 9.59 Å². The number of hydrogen-bond acceptors (Lipinski definition) is 5. The average molecular weight is 363 g/mol. The number of nitrogens with zero attached hydrogens (tertiary/aromatic N) is 2. The van der Waals surface area contributed by atoms with Crippen LogP contribution in [0.15, 0.2) is 0 Å². The molecule has 142 valence electrons. The van der Waals surface area contributed by atoms with Crippen LogP contribution in [0.1, 0.15) is 48.5 Å². The van der Waals surface area contributed by atoms with Crippen molar-refractivity contribution in [3.8, 4) is 0 Å². The molecular weight excluding hydrogens is 328 g/mol. The zero-order valence-electron chi connectivity index (χ0n) is 16.6. The van der Waals surface area contributed by atoms with E-state index in [9.17, 15) is 9.59 Å². The summed E-state index contributed by atoms with van der Waals surface area (Å²) in [5.74, 6) is 0. The lowest BCUT2D eigenvalue weighted by molar-refractivity contribution is 0.0282. The summed E-state index contributed by atoms with van der Waals surface area (Å²) in [5, 5.41) is 0.229. The van der Waals surface area contributed by atoms with Crippen molar-refractivity contribution >= 4 is 23.9 Å². The first-order valence-electron chi connectivity index (χ1n) is 8.21. The van der Waals surface area contributed by atoms with Crippen LogP contribution in [0.2, 0.25) is 0 Å². The molecule has 1 unspecified atom stereocenters. The molecule has 0 rings (SSSR count). The van der Waals surface area contributed by atoms with Crippen molar-refractivity contribution in [1.29, 1.82) is 0 Å². The van der Waals surface area contributed by atoms with Gasteiger partial charge in [0.2, 0.25) is 0 Å². The van der Waals surface area contributed by atoms with Crippen LogP contribution in [0.4, 0.5) is 9.59 Å². The molecule has 24 heavy (non-hydrogen) atoms. The monoisotopic (exact) mass is 362 g/mol. The van der Waals surface area contributed by atoms with Gasteiger partial charge < -0.3 is 19.3 Å². The molecule has 0 saturated heterocycles. The van der Waals surface area contributed by atoms with Gasteiger partial charge in [0.25, 0.3) is 0 Å². The van der Waals surface area contributed by atoms with Crippen LogP contribution in [0.3, 0.4) is 0 Å². The molecule has 0 radical (unpaired) electrons. The van der Waals surface area contributed by atoms with Crippen molar-refractivity contribution in [1.82, 2.24) is 9.80 Å². The van der Waals surface area contributed by atoms with E-state index in [2.05, 4.69) is 20.8 Å². The number of carbonyl (C=O) groups is 2. The second-order valence-corrected chi connectivity index (χ2v) is 10.2. The Hall–Kier alpha value is -1.11. The molecule has 0 heterocycles. The van der Waals surface area contributed by atoms with Crippen molar-refractivity contribution < 1.29 is 19.1 Å². The molecule has 6 nitrogen and oxygen atoms in total. The van der Waals surface area contributed by atoms with E-state index in [1.165, 1.54) is 9.80 Å². The van der Waals surface area contributed by atoms with Crippen molar-refractivity contribution in [2.75, 3.05) is 33.8 Å². The number of hydrogen-bond donors (Lipinski definition) is 0. The molecule has 0 aliphatic heterocycles. The molecular formula is C17H34N2O4S. The molecule has 0 aromatic carbocycles. The van der Waals surface area contributed by atoms with E-state index in [4.69, 9.17) is 9.47 Å². The third-order valence-corrected chi connectivity index (χ3v) is 4.03. The minimum Gasteiger partial charge on any atom is -0.448 e. The summed E-state index contributed by atoms with van der Waals surface area (Å²) in [6, 6.07) is 0. The second kappa shape index (κ2) is 9.39. The Kier molecular flexibility index (Phi) is 8.96. The molecule has 0 fully saturated rings. The molecule has 7 heteroatoms. The van der Waals surface area contributed by atoms with Crippen molar-refractivity contribution in [2.45, 2.75) is 64.1 Å². The van der Waals surface area contributed by atoms with Crippen molar-refractivity contribution in [3.05, 3.63) is 0 Å². The van der Waals surface area contributed by atoms with Crippen LogP contribution < -0.4 is 0 Å². The predicted molar refractivity (Wildman–Crippen MR) is 99.6 cm³/mol. The van der Waals surface area contributed by atoms with Crippen LogP contribution in [-0.4, -0.2) is 71.4 Å². The van der Waals surface area contributed by atoms with Gasteiger partial charge in [-0.05, 0) is 27.7 Å². The standard InChI is InChI=1S/C17H34N2O4S/c1-13(24-17(5,6)7)12-22-14(20)18(8)10-11-19(9)15(21)23-16(2,3)4/h13H,10-12H2,1-9H3. The number of rotatable bonds is 6. The first-order chi connectivity index (χ1) is 10.7. The van der Waals surface area contributed by atoms with Crippen molar-refractivity contribution in [2.24, 2.45) is 0 Å². The first kappa shape index (κ1) is 22.9. The lowest BCUT2D eigenvalue weighted by atomic mass is 10.2. The Morgan fingerprint density at radius 1 is 0.958 bits per heavy atom. The highest BCUT2D eigenvalue weighted by Gasteiger charge is 2.21. The van der Waals surface area contributed by atoms with Crippen LogP contribution in [-0.2, 0) is 9.47 Å². The molecule has 0 aliphatic carbocycles. The Balaban J connectivity index is 4.16. The normalized spacial score (nSPS) is 13.2. The highest BCUT2D eigenvalue weighted by atomic mass is 32.2. The molecule has 1 atom stereocenters. The van der Waals surface area contributed by atoms with Gasteiger partial charge in [-0.1, -0.05) is 20.8 Å². The average Bonchev–Trinajstić information content (AvgIpc) is 2.37. The van der Waals surface area contributed by atoms with Gasteiger partial charge >= 0.3 is 12.2 Å². The minimum atomic E-state index is -0.531. The van der Waals surface area contributed by atoms with Crippen LogP contribution >= 0.6 is 11.8 Å². The van der Waals surface area contributed by atoms with Crippen molar-refractivity contribution in [3.63, 3.8) is 0 Å². The Morgan fingerprint density at radius 3 is 1.83 bits per heavy atom. The molecule has 0 N–H and O–H groups in total. The zero-order chi connectivity index (χ0) is 19.1. The van der Waals surface area contributed by atoms with Gasteiger partial charge in [0, 0.05) is 37.2 Å². The summed E-state index contributed by atoms with van der Waals surface area (Å²) in [6.45, 7) is 15.0. The molecule has 0 aromatic rings. The summed E-state index contributed by atoms with van der Waals surface area (Å²) in [6.07, 6.45) is -0.784. The summed E-state index contributed by atoms with van der Waals surface area (Å²) in [4.78, 5) is 26.8. The van der Waals surface area contributed by atoms with Gasteiger partial charge in [0.05, 0.1) is 0 Å². The zero-order valence-corrected chi connectivity index (χ0v) is 17.5. The maximum atomic E-state index is 12.0. The minimum absolute atomic E-state index is 0.133. The Labute approximate surface area is 151 Å². The summed E-state index contributed by atoms with van der Waals surface area (Å²) in [5.41, 5.74) is -0.531. The van der Waals surface area contributed by atoms with Gasteiger partial charge in [-0.3, -0.25) is 0 Å². The van der Waals surface area contributed by atoms with Gasteiger partial charge in [0.15, 0.2) is 0 Å². The first-order valence-corrected chi connectivity index (χ1v) is 9.09. The lowest BCUT2D eigenvalue weighted by Crippen LogP contribution is -2.40. The Bertz CT molecular complexity index is 416. The number of thioether (sulfide) groups is 1. The van der Waals surface area contributed by atoms with E-state index in [-0.39, 0.29) is 16.1 Å². The van der Waals surface area contributed by atoms with Crippen LogP contribution in [0.5, 0.6) is 0 Å². The van der Waals surface area contributed by atoms with E-state index < -0.39 is 11.7 Å². The Morgan fingerprint density at radius 2 is 1.42 bits per heavy atom. The van der Waals surface area contributed by atoms with Crippen LogP contribution in [0, 0.1) is 0 Å². The van der Waals surface area contributed by atoms with Gasteiger partial charge in [-0.2, -0.15) is 0 Å². The summed E-state index contributed by atoms with van der Waals surface area (Å²) < 4.78 is 10.7. The topological polar surface area (TPSA) is 59.1 Å². The molecule has 0 aromatic heterocycles. The quantitative estimate of drug-likeness (QED) is 0.718. The largest absolute Gasteiger partial charge is 0.448 e. The number of ether oxygens (including phenoxy) is 2. The molecule has 0 spiro atoms. The van der Waals surface area contributed by atoms with E-state index in [1.54, 1.807) is 25.9 Å². The fourth-order valence-electron chi connectivity index (χ4n) is 1.76. The summed E-state index contributed by atoms with van der Waals surface area (Å²) >= 11 is 1.77. The van der Waals surface area contributed by atoms with E-state index >= 15 is 0 Å². The number of likely N-dealkylation sites (N-methyl/N-ethyl adjacent to an activating group) is 2.